The summed E-state index contributed by atoms with van der Waals surface area (Å²) in [4.78, 5) is 2.26. The molecule has 4 aromatic rings. The second-order valence-electron chi connectivity index (χ2n) is 9.16. The topological polar surface area (TPSA) is 33.7 Å². The van der Waals surface area contributed by atoms with Crippen LogP contribution in [-0.2, 0) is 0 Å². The number of hydrogen-bond donors (Lipinski definition) is 1. The summed E-state index contributed by atoms with van der Waals surface area (Å²) in [6.45, 7) is 2.42. The first-order valence-electron chi connectivity index (χ1n) is 11.9. The van der Waals surface area contributed by atoms with Gasteiger partial charge in [-0.1, -0.05) is 49.2 Å². The summed E-state index contributed by atoms with van der Waals surface area (Å²) < 4.78 is 11.3. The SMILES string of the molecule is CN(C)CCCCCCNc1cc(-c2ccc3ccccc3c2)cc2cc3c(cc12)OCO3. The molecule has 1 aliphatic rings. The molecule has 1 aliphatic heterocycles. The van der Waals surface area contributed by atoms with Gasteiger partial charge in [-0.05, 0) is 91.1 Å². The lowest BCUT2D eigenvalue weighted by Gasteiger charge is -2.14. The molecule has 0 aliphatic carbocycles. The van der Waals surface area contributed by atoms with Gasteiger partial charge in [-0.15, -0.1) is 0 Å². The summed E-state index contributed by atoms with van der Waals surface area (Å²) in [7, 11) is 4.28. The van der Waals surface area contributed by atoms with Gasteiger partial charge in [0.1, 0.15) is 0 Å². The van der Waals surface area contributed by atoms with Crippen LogP contribution in [0.5, 0.6) is 11.5 Å². The Bertz CT molecular complexity index is 1270. The first-order chi connectivity index (χ1) is 16.2. The van der Waals surface area contributed by atoms with E-state index in [1.807, 2.05) is 0 Å². The van der Waals surface area contributed by atoms with Crippen molar-refractivity contribution >= 4 is 27.2 Å². The van der Waals surface area contributed by atoms with Gasteiger partial charge >= 0.3 is 0 Å². The molecule has 0 aromatic heterocycles. The van der Waals surface area contributed by atoms with Crippen molar-refractivity contribution in [3.8, 4) is 22.6 Å². The van der Waals surface area contributed by atoms with Gasteiger partial charge in [0.2, 0.25) is 6.79 Å². The van der Waals surface area contributed by atoms with Gasteiger partial charge in [0.05, 0.1) is 0 Å². The molecule has 0 spiro atoms. The number of benzene rings is 4. The fraction of sp³-hybridized carbons (Fsp3) is 0.310. The first kappa shape index (κ1) is 21.6. The van der Waals surface area contributed by atoms with Crippen LogP contribution in [0.25, 0.3) is 32.7 Å². The summed E-state index contributed by atoms with van der Waals surface area (Å²) >= 11 is 0. The van der Waals surface area contributed by atoms with E-state index in [0.29, 0.717) is 6.79 Å². The minimum Gasteiger partial charge on any atom is -0.454 e. The molecule has 0 atom stereocenters. The van der Waals surface area contributed by atoms with Gasteiger partial charge in [0.15, 0.2) is 11.5 Å². The van der Waals surface area contributed by atoms with E-state index in [2.05, 4.69) is 91.0 Å². The Kier molecular flexibility index (Phi) is 6.36. The molecule has 0 unspecified atom stereocenters. The monoisotopic (exact) mass is 440 g/mol. The second kappa shape index (κ2) is 9.72. The van der Waals surface area contributed by atoms with E-state index in [-0.39, 0.29) is 0 Å². The zero-order valence-electron chi connectivity index (χ0n) is 19.6. The molecule has 0 amide bonds. The average molecular weight is 441 g/mol. The number of nitrogens with one attached hydrogen (secondary N) is 1. The van der Waals surface area contributed by atoms with Crippen LogP contribution in [0.15, 0.2) is 66.7 Å². The third-order valence-electron chi connectivity index (χ3n) is 6.38. The van der Waals surface area contributed by atoms with Gasteiger partial charge in [-0.25, -0.2) is 0 Å². The van der Waals surface area contributed by atoms with Crippen LogP contribution in [0, 0.1) is 0 Å². The zero-order valence-corrected chi connectivity index (χ0v) is 19.6. The number of rotatable bonds is 9. The van der Waals surface area contributed by atoms with Gasteiger partial charge < -0.3 is 19.7 Å². The molecule has 5 rings (SSSR count). The van der Waals surface area contributed by atoms with Crippen molar-refractivity contribution < 1.29 is 9.47 Å². The number of anilines is 1. The molecule has 1 N–H and O–H groups in total. The highest BCUT2D eigenvalue weighted by Gasteiger charge is 2.17. The maximum absolute atomic E-state index is 5.66. The zero-order chi connectivity index (χ0) is 22.6. The number of fused-ring (bicyclic) bond motifs is 3. The number of unbranched alkanes of at least 4 members (excludes halogenated alkanes) is 3. The van der Waals surface area contributed by atoms with Crippen molar-refractivity contribution in [2.45, 2.75) is 25.7 Å². The molecule has 0 radical (unpaired) electrons. The maximum atomic E-state index is 5.66. The molecule has 0 saturated carbocycles. The molecule has 4 aromatic carbocycles. The highest BCUT2D eigenvalue weighted by atomic mass is 16.7. The van der Waals surface area contributed by atoms with Gasteiger partial charge in [-0.3, -0.25) is 0 Å². The van der Waals surface area contributed by atoms with Crippen LogP contribution in [0.1, 0.15) is 25.7 Å². The summed E-state index contributed by atoms with van der Waals surface area (Å²) in [5.41, 5.74) is 3.59. The van der Waals surface area contributed by atoms with Gasteiger partial charge in [0.25, 0.3) is 0 Å². The van der Waals surface area contributed by atoms with Crippen molar-refractivity contribution in [2.24, 2.45) is 0 Å². The van der Waals surface area contributed by atoms with Crippen LogP contribution >= 0.6 is 0 Å². The highest BCUT2D eigenvalue weighted by molar-refractivity contribution is 6.00. The lowest BCUT2D eigenvalue weighted by Crippen LogP contribution is -2.12. The van der Waals surface area contributed by atoms with Crippen molar-refractivity contribution in [2.75, 3.05) is 39.3 Å². The molecular weight excluding hydrogens is 408 g/mol. The Morgan fingerprint density at radius 2 is 1.48 bits per heavy atom. The lowest BCUT2D eigenvalue weighted by atomic mass is 9.97. The van der Waals surface area contributed by atoms with Crippen LogP contribution in [-0.4, -0.2) is 38.9 Å². The fourth-order valence-electron chi connectivity index (χ4n) is 4.56. The van der Waals surface area contributed by atoms with Crippen LogP contribution in [0.2, 0.25) is 0 Å². The Morgan fingerprint density at radius 1 is 0.727 bits per heavy atom. The highest BCUT2D eigenvalue weighted by Crippen LogP contribution is 2.41. The van der Waals surface area contributed by atoms with E-state index < -0.39 is 0 Å². The predicted molar refractivity (Wildman–Crippen MR) is 139 cm³/mol. The summed E-state index contributed by atoms with van der Waals surface area (Å²) in [6, 6.07) is 24.0. The third kappa shape index (κ3) is 4.91. The molecule has 170 valence electrons. The largest absolute Gasteiger partial charge is 0.454 e. The quantitative estimate of drug-likeness (QED) is 0.286. The van der Waals surface area contributed by atoms with Crippen molar-refractivity contribution in [3.63, 3.8) is 0 Å². The number of nitrogens with zero attached hydrogens (tertiary/aromatic N) is 1. The lowest BCUT2D eigenvalue weighted by molar-refractivity contribution is 0.174. The summed E-state index contributed by atoms with van der Waals surface area (Å²) in [6.07, 6.45) is 4.95. The van der Waals surface area contributed by atoms with Crippen molar-refractivity contribution in [1.29, 1.82) is 0 Å². The molecule has 1 heterocycles. The third-order valence-corrected chi connectivity index (χ3v) is 6.38. The average Bonchev–Trinajstić information content (AvgIpc) is 3.28. The molecule has 4 nitrogen and oxygen atoms in total. The fourth-order valence-corrected chi connectivity index (χ4v) is 4.56. The Hall–Kier alpha value is -3.24. The normalized spacial score (nSPS) is 12.7. The molecule has 0 fully saturated rings. The molecule has 0 bridgehead atoms. The molecular formula is C29H32N2O2. The van der Waals surface area contributed by atoms with Crippen LogP contribution < -0.4 is 14.8 Å². The van der Waals surface area contributed by atoms with E-state index >= 15 is 0 Å². The number of ether oxygens (including phenoxy) is 2. The van der Waals surface area contributed by atoms with E-state index in [1.54, 1.807) is 0 Å². The smallest absolute Gasteiger partial charge is 0.231 e. The van der Waals surface area contributed by atoms with Gasteiger partial charge in [-0.2, -0.15) is 0 Å². The Morgan fingerprint density at radius 3 is 2.33 bits per heavy atom. The van der Waals surface area contributed by atoms with E-state index in [9.17, 15) is 0 Å². The van der Waals surface area contributed by atoms with Crippen molar-refractivity contribution in [3.05, 3.63) is 66.7 Å². The first-order valence-corrected chi connectivity index (χ1v) is 11.9. The van der Waals surface area contributed by atoms with E-state index in [0.717, 1.165) is 23.7 Å². The Labute approximate surface area is 196 Å². The minimum atomic E-state index is 0.291. The molecule has 0 saturated heterocycles. The standard InChI is InChI=1S/C29H32N2O2/c1-31(2)14-8-4-3-7-13-30-27-17-24(23-12-11-21-9-5-6-10-22(21)15-23)16-25-18-28-29(19-26(25)27)33-20-32-28/h5-6,9-12,15-19,30H,3-4,7-8,13-14,20H2,1-2H3. The van der Waals surface area contributed by atoms with E-state index in [1.165, 1.54) is 64.9 Å². The summed E-state index contributed by atoms with van der Waals surface area (Å²) in [5, 5.41) is 8.58. The maximum Gasteiger partial charge on any atom is 0.231 e. The summed E-state index contributed by atoms with van der Waals surface area (Å²) in [5.74, 6) is 1.65. The van der Waals surface area contributed by atoms with Crippen LogP contribution in [0.3, 0.4) is 0 Å². The minimum absolute atomic E-state index is 0.291. The van der Waals surface area contributed by atoms with Gasteiger partial charge in [0, 0.05) is 17.6 Å². The molecule has 4 heteroatoms. The van der Waals surface area contributed by atoms with Crippen molar-refractivity contribution in [1.82, 2.24) is 4.90 Å². The Balaban J connectivity index is 1.42. The van der Waals surface area contributed by atoms with Crippen LogP contribution in [0.4, 0.5) is 5.69 Å². The number of hydrogen-bond acceptors (Lipinski definition) is 4. The second-order valence-corrected chi connectivity index (χ2v) is 9.16. The predicted octanol–water partition coefficient (Wildman–Crippen LogP) is 6.92. The van der Waals surface area contributed by atoms with E-state index in [4.69, 9.17) is 9.47 Å². The molecule has 33 heavy (non-hydrogen) atoms.